The fourth-order valence-corrected chi connectivity index (χ4v) is 1.27. The summed E-state index contributed by atoms with van der Waals surface area (Å²) in [5.74, 6) is 0.0486. The topological polar surface area (TPSA) is 104 Å². The zero-order valence-electron chi connectivity index (χ0n) is 5.85. The minimum Gasteiger partial charge on any atom is -0.383 e. The minimum atomic E-state index is -3.77. The molecule has 1 aromatic rings. The molecule has 0 saturated carbocycles. The lowest BCUT2D eigenvalue weighted by Crippen LogP contribution is -2.14. The van der Waals surface area contributed by atoms with Crippen LogP contribution >= 0.6 is 0 Å². The Balaban J connectivity index is 3.38. The molecule has 1 rings (SSSR count). The van der Waals surface area contributed by atoms with Crippen LogP contribution in [-0.2, 0) is 17.1 Å². The summed E-state index contributed by atoms with van der Waals surface area (Å²) in [6, 6.07) is 0. The monoisotopic (exact) mass is 176 g/mol. The third-order valence-corrected chi connectivity index (χ3v) is 2.07. The van der Waals surface area contributed by atoms with Crippen molar-refractivity contribution in [1.82, 2.24) is 9.55 Å². The van der Waals surface area contributed by atoms with Crippen molar-refractivity contribution < 1.29 is 8.42 Å². The van der Waals surface area contributed by atoms with E-state index < -0.39 is 10.0 Å². The number of hydrogen-bond donors (Lipinski definition) is 2. The third kappa shape index (κ3) is 1.33. The van der Waals surface area contributed by atoms with E-state index in [1.807, 2.05) is 0 Å². The smallest absolute Gasteiger partial charge is 0.259 e. The Labute approximate surface area is 63.9 Å². The largest absolute Gasteiger partial charge is 0.383 e. The molecule has 0 spiro atoms. The van der Waals surface area contributed by atoms with Crippen LogP contribution in [0.2, 0.25) is 0 Å². The minimum absolute atomic E-state index is 0.0486. The lowest BCUT2D eigenvalue weighted by Gasteiger charge is -1.95. The van der Waals surface area contributed by atoms with Crippen molar-refractivity contribution in [3.8, 4) is 0 Å². The first kappa shape index (κ1) is 8.02. The molecule has 0 unspecified atom stereocenters. The van der Waals surface area contributed by atoms with Crippen molar-refractivity contribution >= 4 is 15.8 Å². The maximum Gasteiger partial charge on any atom is 0.259 e. The van der Waals surface area contributed by atoms with Crippen LogP contribution in [0.1, 0.15) is 0 Å². The van der Waals surface area contributed by atoms with E-state index in [9.17, 15) is 8.42 Å². The Morgan fingerprint density at radius 3 is 2.36 bits per heavy atom. The maximum atomic E-state index is 10.7. The SMILES string of the molecule is Cn1cnc(S(N)(=O)=O)c1N. The van der Waals surface area contributed by atoms with E-state index in [2.05, 4.69) is 4.98 Å². The molecule has 0 atom stereocenters. The third-order valence-electron chi connectivity index (χ3n) is 1.22. The standard InChI is InChI=1S/C4H8N4O2S/c1-8-2-7-4(3(8)5)11(6,9)10/h2H,5H2,1H3,(H2,6,9,10). The molecular weight excluding hydrogens is 168 g/mol. The van der Waals surface area contributed by atoms with Gasteiger partial charge in [0.1, 0.15) is 5.82 Å². The van der Waals surface area contributed by atoms with Gasteiger partial charge in [-0.2, -0.15) is 0 Å². The first-order valence-electron chi connectivity index (χ1n) is 2.72. The van der Waals surface area contributed by atoms with Gasteiger partial charge in [0.2, 0.25) is 5.03 Å². The molecule has 0 aromatic carbocycles. The maximum absolute atomic E-state index is 10.7. The molecule has 0 aliphatic heterocycles. The number of nitrogens with zero attached hydrogens (tertiary/aromatic N) is 2. The second-order valence-corrected chi connectivity index (χ2v) is 3.57. The van der Waals surface area contributed by atoms with E-state index in [1.54, 1.807) is 7.05 Å². The average Bonchev–Trinajstić information content (AvgIpc) is 2.11. The fraction of sp³-hybridized carbons (Fsp3) is 0.250. The molecule has 11 heavy (non-hydrogen) atoms. The predicted molar refractivity (Wildman–Crippen MR) is 39.0 cm³/mol. The quantitative estimate of drug-likeness (QED) is 0.552. The zero-order chi connectivity index (χ0) is 8.65. The molecule has 0 aliphatic rings. The number of sulfonamides is 1. The molecule has 0 radical (unpaired) electrons. The Hall–Kier alpha value is -1.08. The summed E-state index contributed by atoms with van der Waals surface area (Å²) in [7, 11) is -2.19. The van der Waals surface area contributed by atoms with Gasteiger partial charge in [0.25, 0.3) is 10.0 Å². The second kappa shape index (κ2) is 2.21. The highest BCUT2D eigenvalue weighted by Crippen LogP contribution is 2.11. The summed E-state index contributed by atoms with van der Waals surface area (Å²) in [5.41, 5.74) is 5.33. The number of anilines is 1. The summed E-state index contributed by atoms with van der Waals surface area (Å²) in [6.45, 7) is 0. The van der Waals surface area contributed by atoms with Crippen LogP contribution in [0, 0.1) is 0 Å². The van der Waals surface area contributed by atoms with Crippen molar-refractivity contribution in [2.75, 3.05) is 5.73 Å². The first-order chi connectivity index (χ1) is 4.93. The molecule has 0 fully saturated rings. The van der Waals surface area contributed by atoms with Crippen LogP contribution in [0.3, 0.4) is 0 Å². The van der Waals surface area contributed by atoms with E-state index in [0.717, 1.165) is 0 Å². The van der Waals surface area contributed by atoms with Crippen molar-refractivity contribution in [2.45, 2.75) is 5.03 Å². The van der Waals surface area contributed by atoms with Gasteiger partial charge in [0.05, 0.1) is 6.33 Å². The molecule has 0 bridgehead atoms. The summed E-state index contributed by atoms with van der Waals surface area (Å²) in [5, 5.41) is 4.51. The van der Waals surface area contributed by atoms with E-state index in [4.69, 9.17) is 10.9 Å². The molecule has 6 nitrogen and oxygen atoms in total. The Bertz CT molecular complexity index is 365. The first-order valence-corrected chi connectivity index (χ1v) is 4.27. The molecule has 0 aliphatic carbocycles. The summed E-state index contributed by atoms with van der Waals surface area (Å²) in [6.07, 6.45) is 1.29. The highest BCUT2D eigenvalue weighted by atomic mass is 32.2. The summed E-state index contributed by atoms with van der Waals surface area (Å²) < 4.78 is 22.8. The molecule has 4 N–H and O–H groups in total. The van der Waals surface area contributed by atoms with Crippen LogP contribution in [0.5, 0.6) is 0 Å². The summed E-state index contributed by atoms with van der Waals surface area (Å²) >= 11 is 0. The molecule has 1 aromatic heterocycles. The number of imidazole rings is 1. The zero-order valence-corrected chi connectivity index (χ0v) is 6.67. The van der Waals surface area contributed by atoms with Crippen LogP contribution < -0.4 is 10.9 Å². The van der Waals surface area contributed by atoms with Gasteiger partial charge in [0, 0.05) is 7.05 Å². The second-order valence-electron chi connectivity index (χ2n) is 2.09. The van der Waals surface area contributed by atoms with Gasteiger partial charge in [-0.25, -0.2) is 18.5 Å². The predicted octanol–water partition coefficient (Wildman–Crippen LogP) is -1.35. The van der Waals surface area contributed by atoms with Gasteiger partial charge >= 0.3 is 0 Å². The Kier molecular flexibility index (Phi) is 1.61. The van der Waals surface area contributed by atoms with E-state index in [1.165, 1.54) is 10.9 Å². The van der Waals surface area contributed by atoms with Crippen LogP contribution in [0.15, 0.2) is 11.4 Å². The number of nitrogens with two attached hydrogens (primary N) is 2. The summed E-state index contributed by atoms with van der Waals surface area (Å²) in [4.78, 5) is 3.51. The van der Waals surface area contributed by atoms with Crippen LogP contribution in [-0.4, -0.2) is 18.0 Å². The highest BCUT2D eigenvalue weighted by Gasteiger charge is 2.16. The molecule has 7 heteroatoms. The Morgan fingerprint density at radius 2 is 2.18 bits per heavy atom. The Morgan fingerprint density at radius 1 is 1.64 bits per heavy atom. The van der Waals surface area contributed by atoms with E-state index in [-0.39, 0.29) is 10.8 Å². The molecular formula is C4H8N4O2S. The van der Waals surface area contributed by atoms with E-state index >= 15 is 0 Å². The lowest BCUT2D eigenvalue weighted by molar-refractivity contribution is 0.595. The van der Waals surface area contributed by atoms with Crippen molar-refractivity contribution in [1.29, 1.82) is 0 Å². The van der Waals surface area contributed by atoms with Crippen molar-refractivity contribution in [2.24, 2.45) is 12.2 Å². The van der Waals surface area contributed by atoms with E-state index in [0.29, 0.717) is 0 Å². The van der Waals surface area contributed by atoms with Gasteiger partial charge in [-0.15, -0.1) is 0 Å². The molecule has 1 heterocycles. The fourth-order valence-electron chi connectivity index (χ4n) is 0.637. The van der Waals surface area contributed by atoms with Crippen molar-refractivity contribution in [3.05, 3.63) is 6.33 Å². The van der Waals surface area contributed by atoms with Crippen LogP contribution in [0.25, 0.3) is 0 Å². The average molecular weight is 176 g/mol. The molecule has 0 saturated heterocycles. The number of primary sulfonamides is 1. The van der Waals surface area contributed by atoms with Gasteiger partial charge in [-0.3, -0.25) is 0 Å². The van der Waals surface area contributed by atoms with Gasteiger partial charge in [-0.05, 0) is 0 Å². The van der Waals surface area contributed by atoms with Crippen molar-refractivity contribution in [3.63, 3.8) is 0 Å². The number of rotatable bonds is 1. The number of nitrogen functional groups attached to an aromatic ring is 1. The number of aryl methyl sites for hydroxylation is 1. The van der Waals surface area contributed by atoms with Crippen LogP contribution in [0.4, 0.5) is 5.82 Å². The number of aromatic nitrogens is 2. The lowest BCUT2D eigenvalue weighted by atomic mass is 10.8. The van der Waals surface area contributed by atoms with Gasteiger partial charge in [0.15, 0.2) is 0 Å². The highest BCUT2D eigenvalue weighted by molar-refractivity contribution is 7.89. The molecule has 0 amide bonds. The molecule has 62 valence electrons. The normalized spacial score (nSPS) is 11.8. The van der Waals surface area contributed by atoms with Gasteiger partial charge < -0.3 is 10.3 Å². The van der Waals surface area contributed by atoms with Gasteiger partial charge in [-0.1, -0.05) is 0 Å². The number of hydrogen-bond acceptors (Lipinski definition) is 4.